The molecule has 0 heterocycles. The van der Waals surface area contributed by atoms with Gasteiger partial charge in [0.25, 0.3) is 0 Å². The molecule has 0 saturated carbocycles. The SMILES string of the molecule is CC1=CCCC(C)(C)[C@H]1CCC(C)C/C=C/C(C)=C/C=C/C=C(C)/C=C/C=C(C)/C=C/C1=C(C)CCCC1(C)C. The van der Waals surface area contributed by atoms with Gasteiger partial charge in [0.05, 0.1) is 0 Å². The summed E-state index contributed by atoms with van der Waals surface area (Å²) in [5.41, 5.74) is 9.28. The highest BCUT2D eigenvalue weighted by Gasteiger charge is 2.32. The number of hydrogen-bond donors (Lipinski definition) is 0. The molecular formula is C40H60. The van der Waals surface area contributed by atoms with Gasteiger partial charge in [-0.1, -0.05) is 135 Å². The number of rotatable bonds is 12. The van der Waals surface area contributed by atoms with Gasteiger partial charge in [0.15, 0.2) is 0 Å². The summed E-state index contributed by atoms with van der Waals surface area (Å²) in [6.45, 7) is 23.3. The molecule has 0 radical (unpaired) electrons. The molecule has 2 rings (SSSR count). The zero-order chi connectivity index (χ0) is 29.8. The molecule has 0 aromatic heterocycles. The van der Waals surface area contributed by atoms with E-state index < -0.39 is 0 Å². The lowest BCUT2D eigenvalue weighted by Gasteiger charge is -2.39. The normalized spacial score (nSPS) is 23.7. The molecule has 0 heteroatoms. The van der Waals surface area contributed by atoms with Crippen LogP contribution in [0.2, 0.25) is 0 Å². The Morgan fingerprint density at radius 2 is 1.50 bits per heavy atom. The molecule has 0 nitrogen and oxygen atoms in total. The van der Waals surface area contributed by atoms with Gasteiger partial charge in [0, 0.05) is 0 Å². The molecule has 0 aromatic rings. The van der Waals surface area contributed by atoms with Gasteiger partial charge in [-0.2, -0.15) is 0 Å². The summed E-state index contributed by atoms with van der Waals surface area (Å²) in [5, 5.41) is 0. The van der Waals surface area contributed by atoms with Crippen LogP contribution in [0.1, 0.15) is 121 Å². The standard InChI is InChI=1S/C40H60/c1-31(19-13-21-33(3)25-27-37-35(5)23-15-29-39(37,7)8)17-11-12-18-32(2)20-14-22-34(4)26-28-38-36(6)24-16-30-40(38,9)10/h11-14,17-21,24-25,27,34,38H,15-16,22-23,26,28-30H2,1-10H3/b12-11+,19-13+,20-14+,27-25+,31-17+,32-18+,33-21+/t34?,38-/m0/s1. The lowest BCUT2D eigenvalue weighted by Crippen LogP contribution is -2.28. The van der Waals surface area contributed by atoms with Crippen molar-refractivity contribution in [3.05, 3.63) is 106 Å². The number of hydrogen-bond acceptors (Lipinski definition) is 0. The van der Waals surface area contributed by atoms with Crippen molar-refractivity contribution < 1.29 is 0 Å². The van der Waals surface area contributed by atoms with E-state index in [1.54, 1.807) is 11.1 Å². The first-order chi connectivity index (χ1) is 18.8. The Labute approximate surface area is 249 Å². The Bertz CT molecular complexity index is 1100. The zero-order valence-electron chi connectivity index (χ0n) is 27.7. The molecule has 0 aliphatic heterocycles. The molecule has 0 N–H and O–H groups in total. The van der Waals surface area contributed by atoms with Crippen LogP contribution in [0, 0.1) is 22.7 Å². The molecule has 2 atom stereocenters. The lowest BCUT2D eigenvalue weighted by molar-refractivity contribution is 0.194. The van der Waals surface area contributed by atoms with Gasteiger partial charge in [0.1, 0.15) is 0 Å². The molecular weight excluding hydrogens is 480 g/mol. The zero-order valence-corrected chi connectivity index (χ0v) is 27.7. The van der Waals surface area contributed by atoms with E-state index in [9.17, 15) is 0 Å². The van der Waals surface area contributed by atoms with E-state index in [1.807, 2.05) is 0 Å². The summed E-state index contributed by atoms with van der Waals surface area (Å²) in [4.78, 5) is 0. The Kier molecular flexibility index (Phi) is 13.7. The molecule has 1 unspecified atom stereocenters. The fourth-order valence-electron chi connectivity index (χ4n) is 6.44. The van der Waals surface area contributed by atoms with Crippen molar-refractivity contribution in [2.45, 2.75) is 121 Å². The molecule has 0 fully saturated rings. The Morgan fingerprint density at radius 3 is 2.15 bits per heavy atom. The largest absolute Gasteiger partial charge is 0.0853 e. The Hall–Kier alpha value is -2.34. The summed E-state index contributed by atoms with van der Waals surface area (Å²) >= 11 is 0. The van der Waals surface area contributed by atoms with Gasteiger partial charge in [-0.05, 0) is 114 Å². The van der Waals surface area contributed by atoms with Gasteiger partial charge < -0.3 is 0 Å². The third kappa shape index (κ3) is 11.6. The van der Waals surface area contributed by atoms with Crippen molar-refractivity contribution in [2.24, 2.45) is 22.7 Å². The molecule has 2 aliphatic carbocycles. The average Bonchev–Trinajstić information content (AvgIpc) is 2.85. The third-order valence-electron chi connectivity index (χ3n) is 9.22. The Morgan fingerprint density at radius 1 is 0.875 bits per heavy atom. The Balaban J connectivity index is 1.78. The van der Waals surface area contributed by atoms with Crippen molar-refractivity contribution >= 4 is 0 Å². The van der Waals surface area contributed by atoms with Crippen LogP contribution in [0.5, 0.6) is 0 Å². The average molecular weight is 541 g/mol. The van der Waals surface area contributed by atoms with Crippen molar-refractivity contribution in [1.29, 1.82) is 0 Å². The highest BCUT2D eigenvalue weighted by Crippen LogP contribution is 2.44. The second kappa shape index (κ2) is 16.2. The maximum Gasteiger partial charge on any atom is -0.0104 e. The van der Waals surface area contributed by atoms with E-state index in [2.05, 4.69) is 142 Å². The van der Waals surface area contributed by atoms with E-state index >= 15 is 0 Å². The van der Waals surface area contributed by atoms with Crippen molar-refractivity contribution in [3.63, 3.8) is 0 Å². The molecule has 40 heavy (non-hydrogen) atoms. The second-order valence-electron chi connectivity index (χ2n) is 14.1. The molecule has 0 saturated heterocycles. The highest BCUT2D eigenvalue weighted by molar-refractivity contribution is 5.37. The van der Waals surface area contributed by atoms with Crippen LogP contribution in [-0.2, 0) is 0 Å². The van der Waals surface area contributed by atoms with Gasteiger partial charge >= 0.3 is 0 Å². The monoisotopic (exact) mass is 540 g/mol. The third-order valence-corrected chi connectivity index (χ3v) is 9.22. The molecule has 2 aliphatic rings. The predicted octanol–water partition coefficient (Wildman–Crippen LogP) is 12.8. The summed E-state index contributed by atoms with van der Waals surface area (Å²) < 4.78 is 0. The molecule has 0 bridgehead atoms. The van der Waals surface area contributed by atoms with Crippen LogP contribution in [0.25, 0.3) is 0 Å². The van der Waals surface area contributed by atoms with Gasteiger partial charge in [0.2, 0.25) is 0 Å². The highest BCUT2D eigenvalue weighted by atomic mass is 14.4. The van der Waals surface area contributed by atoms with E-state index in [0.29, 0.717) is 10.8 Å². The summed E-state index contributed by atoms with van der Waals surface area (Å²) in [5.74, 6) is 1.49. The van der Waals surface area contributed by atoms with Gasteiger partial charge in [-0.25, -0.2) is 0 Å². The number of allylic oxidation sites excluding steroid dienone is 18. The van der Waals surface area contributed by atoms with Gasteiger partial charge in [-0.3, -0.25) is 0 Å². The quantitative estimate of drug-likeness (QED) is 0.170. The summed E-state index contributed by atoms with van der Waals surface area (Å²) in [6, 6.07) is 0. The van der Waals surface area contributed by atoms with E-state index in [0.717, 1.165) is 18.3 Å². The van der Waals surface area contributed by atoms with E-state index in [-0.39, 0.29) is 0 Å². The van der Waals surface area contributed by atoms with Crippen molar-refractivity contribution in [2.75, 3.05) is 0 Å². The molecule has 0 amide bonds. The van der Waals surface area contributed by atoms with Gasteiger partial charge in [-0.15, -0.1) is 0 Å². The maximum absolute atomic E-state index is 2.48. The maximum atomic E-state index is 2.48. The predicted molar refractivity (Wildman–Crippen MR) is 181 cm³/mol. The van der Waals surface area contributed by atoms with Crippen LogP contribution in [0.15, 0.2) is 106 Å². The van der Waals surface area contributed by atoms with Crippen LogP contribution in [0.4, 0.5) is 0 Å². The van der Waals surface area contributed by atoms with E-state index in [4.69, 9.17) is 0 Å². The molecule has 0 aromatic carbocycles. The minimum atomic E-state index is 0.296. The van der Waals surface area contributed by atoms with E-state index in [1.165, 1.54) is 67.2 Å². The van der Waals surface area contributed by atoms with Crippen molar-refractivity contribution in [1.82, 2.24) is 0 Å². The lowest BCUT2D eigenvalue weighted by atomic mass is 9.66. The first-order valence-corrected chi connectivity index (χ1v) is 15.9. The first-order valence-electron chi connectivity index (χ1n) is 15.9. The second-order valence-corrected chi connectivity index (χ2v) is 14.1. The van der Waals surface area contributed by atoms with Crippen molar-refractivity contribution in [3.8, 4) is 0 Å². The minimum absolute atomic E-state index is 0.296. The van der Waals surface area contributed by atoms with Crippen LogP contribution >= 0.6 is 0 Å². The first kappa shape index (κ1) is 33.9. The fourth-order valence-corrected chi connectivity index (χ4v) is 6.44. The molecule has 220 valence electrons. The van der Waals surface area contributed by atoms with Crippen LogP contribution in [-0.4, -0.2) is 0 Å². The minimum Gasteiger partial charge on any atom is -0.0853 e. The summed E-state index contributed by atoms with van der Waals surface area (Å²) in [6.07, 6.45) is 37.1. The fraction of sp³-hybridized carbons (Fsp3) is 0.550. The topological polar surface area (TPSA) is 0 Å². The summed E-state index contributed by atoms with van der Waals surface area (Å²) in [7, 11) is 0. The molecule has 0 spiro atoms. The van der Waals surface area contributed by atoms with Crippen LogP contribution in [0.3, 0.4) is 0 Å². The van der Waals surface area contributed by atoms with Crippen LogP contribution < -0.4 is 0 Å². The smallest absolute Gasteiger partial charge is 0.0104 e.